The summed E-state index contributed by atoms with van der Waals surface area (Å²) in [6.07, 6.45) is -3.08. The monoisotopic (exact) mass is 352 g/mol. The topological polar surface area (TPSA) is 50.9 Å². The summed E-state index contributed by atoms with van der Waals surface area (Å²) in [5.41, 5.74) is 1.63. The van der Waals surface area contributed by atoms with Crippen LogP contribution in [0.5, 0.6) is 5.75 Å². The number of aromatic nitrogens is 1. The van der Waals surface area contributed by atoms with Gasteiger partial charge in [-0.3, -0.25) is 10.3 Å². The van der Waals surface area contributed by atoms with Crippen LogP contribution in [0.4, 0.5) is 13.2 Å². The van der Waals surface area contributed by atoms with Gasteiger partial charge in [0.1, 0.15) is 5.75 Å². The van der Waals surface area contributed by atoms with E-state index < -0.39 is 6.36 Å². The van der Waals surface area contributed by atoms with E-state index in [1.807, 2.05) is 13.8 Å². The zero-order valence-corrected chi connectivity index (χ0v) is 13.9. The second-order valence-corrected chi connectivity index (χ2v) is 5.48. The number of hydrogen-bond donors (Lipinski definition) is 1. The fourth-order valence-corrected chi connectivity index (χ4v) is 2.15. The van der Waals surface area contributed by atoms with Gasteiger partial charge in [-0.2, -0.15) is 5.10 Å². The smallest absolute Gasteiger partial charge is 0.406 e. The molecule has 8 heteroatoms. The Morgan fingerprint density at radius 2 is 2.00 bits per heavy atom. The Balaban J connectivity index is 2.48. The van der Waals surface area contributed by atoms with Crippen molar-refractivity contribution in [2.75, 3.05) is 6.67 Å². The molecule has 25 heavy (non-hydrogen) atoms. The molecule has 0 saturated carbocycles. The molecule has 0 spiro atoms. The fraction of sp³-hybridized carbons (Fsp3) is 0.294. The molecule has 5 nitrogen and oxygen atoms in total. The average Bonchev–Trinajstić information content (AvgIpc) is 2.53. The molecule has 0 fully saturated rings. The number of nitrogens with one attached hydrogen (secondary N) is 1. The van der Waals surface area contributed by atoms with Gasteiger partial charge >= 0.3 is 6.36 Å². The molecule has 0 unspecified atom stereocenters. The molecule has 0 atom stereocenters. The van der Waals surface area contributed by atoms with Crippen LogP contribution in [-0.2, 0) is 0 Å². The third-order valence-corrected chi connectivity index (χ3v) is 3.21. The van der Waals surface area contributed by atoms with Crippen LogP contribution >= 0.6 is 0 Å². The highest BCUT2D eigenvalue weighted by atomic mass is 19.4. The van der Waals surface area contributed by atoms with Gasteiger partial charge in [0.05, 0.1) is 6.67 Å². The molecule has 0 saturated heterocycles. The molecule has 1 aromatic heterocycles. The number of benzene rings is 1. The van der Waals surface area contributed by atoms with E-state index in [0.29, 0.717) is 23.3 Å². The van der Waals surface area contributed by atoms with Gasteiger partial charge in [0.25, 0.3) is 0 Å². The highest BCUT2D eigenvalue weighted by Crippen LogP contribution is 2.26. The Labute approximate surface area is 143 Å². The molecule has 0 aliphatic rings. The molecule has 2 aromatic rings. The average molecular weight is 352 g/mol. The highest BCUT2D eigenvalue weighted by Gasteiger charge is 2.31. The zero-order chi connectivity index (χ0) is 18.4. The minimum Gasteiger partial charge on any atom is -0.406 e. The largest absolute Gasteiger partial charge is 0.573 e. The number of ether oxygens (including phenoxy) is 1. The van der Waals surface area contributed by atoms with Crippen molar-refractivity contribution in [2.45, 2.75) is 26.3 Å². The lowest BCUT2D eigenvalue weighted by Crippen LogP contribution is -2.27. The summed E-state index contributed by atoms with van der Waals surface area (Å²) in [5, 5.41) is 7.02. The van der Waals surface area contributed by atoms with Gasteiger partial charge in [-0.15, -0.1) is 13.2 Å². The van der Waals surface area contributed by atoms with Gasteiger partial charge in [-0.05, 0) is 43.7 Å². The molecule has 0 bridgehead atoms. The summed E-state index contributed by atoms with van der Waals surface area (Å²) in [4.78, 5) is 4.45. The number of rotatable bonds is 6. The summed E-state index contributed by atoms with van der Waals surface area (Å²) in [7, 11) is 0. The van der Waals surface area contributed by atoms with Gasteiger partial charge in [0, 0.05) is 24.5 Å². The Hall–Kier alpha value is -2.61. The summed E-state index contributed by atoms with van der Waals surface area (Å²) in [6, 6.07) is 9.44. The van der Waals surface area contributed by atoms with Crippen LogP contribution in [0.3, 0.4) is 0 Å². The van der Waals surface area contributed by atoms with E-state index in [4.69, 9.17) is 0 Å². The third-order valence-electron chi connectivity index (χ3n) is 3.21. The number of hydrogen-bond acceptors (Lipinski definition) is 4. The van der Waals surface area contributed by atoms with E-state index in [1.165, 1.54) is 22.9 Å². The van der Waals surface area contributed by atoms with Gasteiger partial charge in [0.2, 0.25) is 0 Å². The molecule has 1 heterocycles. The van der Waals surface area contributed by atoms with Gasteiger partial charge < -0.3 is 4.74 Å². The summed E-state index contributed by atoms with van der Waals surface area (Å²) >= 11 is 0. The van der Waals surface area contributed by atoms with Crippen molar-refractivity contribution in [1.29, 1.82) is 0 Å². The standard InChI is InChI=1S/C17H19F3N4O/c1-12(2)22-11-23-16-15(8-5-9-24(16)21-3)13-6-4-7-14(10-13)25-17(18,19)20/h4-10,12,22H,3,11H2,1-2H3. The van der Waals surface area contributed by atoms with Crippen LogP contribution in [0.25, 0.3) is 11.1 Å². The van der Waals surface area contributed by atoms with Crippen molar-refractivity contribution >= 4 is 6.72 Å². The van der Waals surface area contributed by atoms with Gasteiger partial charge in [-0.1, -0.05) is 12.1 Å². The minimum atomic E-state index is -4.74. The Morgan fingerprint density at radius 1 is 1.24 bits per heavy atom. The molecule has 0 aliphatic carbocycles. The van der Waals surface area contributed by atoms with Crippen LogP contribution in [0.2, 0.25) is 0 Å². The number of halogens is 3. The first-order chi connectivity index (χ1) is 11.8. The molecule has 134 valence electrons. The number of pyridine rings is 1. The van der Waals surface area contributed by atoms with Crippen LogP contribution in [0.15, 0.2) is 52.7 Å². The van der Waals surface area contributed by atoms with Crippen LogP contribution < -0.4 is 15.5 Å². The van der Waals surface area contributed by atoms with E-state index in [2.05, 4.69) is 26.9 Å². The fourth-order valence-electron chi connectivity index (χ4n) is 2.15. The molecule has 0 amide bonds. The molecule has 1 N–H and O–H groups in total. The molecule has 0 radical (unpaired) electrons. The lowest BCUT2D eigenvalue weighted by atomic mass is 10.1. The maximum Gasteiger partial charge on any atom is 0.573 e. The number of alkyl halides is 3. The van der Waals surface area contributed by atoms with E-state index in [0.717, 1.165) is 0 Å². The predicted octanol–water partition coefficient (Wildman–Crippen LogP) is 3.37. The van der Waals surface area contributed by atoms with E-state index in [9.17, 15) is 13.2 Å². The first kappa shape index (κ1) is 18.7. The second-order valence-electron chi connectivity index (χ2n) is 5.48. The normalized spacial score (nSPS) is 12.5. The Kier molecular flexibility index (Phi) is 5.97. The quantitative estimate of drug-likeness (QED) is 0.811. The molecular weight excluding hydrogens is 333 g/mol. The van der Waals surface area contributed by atoms with E-state index >= 15 is 0 Å². The van der Waals surface area contributed by atoms with E-state index in [1.54, 1.807) is 24.4 Å². The third kappa shape index (κ3) is 5.46. The maximum absolute atomic E-state index is 12.4. The first-order valence-electron chi connectivity index (χ1n) is 7.59. The predicted molar refractivity (Wildman–Crippen MR) is 90.2 cm³/mol. The summed E-state index contributed by atoms with van der Waals surface area (Å²) in [5.74, 6) is -0.293. The van der Waals surface area contributed by atoms with Crippen LogP contribution in [0, 0.1) is 0 Å². The maximum atomic E-state index is 12.4. The van der Waals surface area contributed by atoms with Crippen LogP contribution in [0.1, 0.15) is 13.8 Å². The highest BCUT2D eigenvalue weighted by molar-refractivity contribution is 5.64. The Morgan fingerprint density at radius 3 is 2.64 bits per heavy atom. The van der Waals surface area contributed by atoms with Crippen molar-refractivity contribution in [1.82, 2.24) is 9.99 Å². The summed E-state index contributed by atoms with van der Waals surface area (Å²) in [6.45, 7) is 7.80. The van der Waals surface area contributed by atoms with Crippen molar-refractivity contribution in [3.8, 4) is 16.9 Å². The van der Waals surface area contributed by atoms with Gasteiger partial charge in [-0.25, -0.2) is 4.68 Å². The second kappa shape index (κ2) is 7.98. The molecular formula is C17H19F3N4O. The van der Waals surface area contributed by atoms with Crippen molar-refractivity contribution < 1.29 is 17.9 Å². The molecule has 0 aliphatic heterocycles. The summed E-state index contributed by atoms with van der Waals surface area (Å²) < 4.78 is 42.8. The number of nitrogens with zero attached hydrogens (tertiary/aromatic N) is 3. The zero-order valence-electron chi connectivity index (χ0n) is 13.9. The lowest BCUT2D eigenvalue weighted by molar-refractivity contribution is -0.274. The van der Waals surface area contributed by atoms with Gasteiger partial charge in [0.15, 0.2) is 5.49 Å². The first-order valence-corrected chi connectivity index (χ1v) is 7.59. The molecule has 1 aromatic carbocycles. The van der Waals surface area contributed by atoms with Crippen molar-refractivity contribution in [3.05, 3.63) is 48.1 Å². The van der Waals surface area contributed by atoms with E-state index in [-0.39, 0.29) is 11.8 Å². The Bertz CT molecular complexity index is 797. The lowest BCUT2D eigenvalue weighted by Gasteiger charge is -2.11. The van der Waals surface area contributed by atoms with Crippen LogP contribution in [-0.4, -0.2) is 30.5 Å². The SMILES string of the molecule is C=Nn1cccc(-c2cccc(OC(F)(F)F)c2)c1=NCNC(C)C. The van der Waals surface area contributed by atoms with Crippen molar-refractivity contribution in [2.24, 2.45) is 10.1 Å². The minimum absolute atomic E-state index is 0.240. The van der Waals surface area contributed by atoms with Crippen molar-refractivity contribution in [3.63, 3.8) is 0 Å². The molecule has 2 rings (SSSR count).